The average Bonchev–Trinajstić information content (AvgIpc) is 2.90. The van der Waals surface area contributed by atoms with Crippen molar-refractivity contribution in [3.63, 3.8) is 0 Å². The second-order valence-electron chi connectivity index (χ2n) is 4.93. The van der Waals surface area contributed by atoms with Crippen molar-refractivity contribution in [1.82, 2.24) is 4.98 Å². The van der Waals surface area contributed by atoms with E-state index in [1.54, 1.807) is 11.3 Å². The van der Waals surface area contributed by atoms with E-state index < -0.39 is 0 Å². The first kappa shape index (κ1) is 12.9. The Morgan fingerprint density at radius 3 is 3.00 bits per heavy atom. The molecule has 1 fully saturated rings. The van der Waals surface area contributed by atoms with Gasteiger partial charge in [0, 0.05) is 18.0 Å². The maximum atomic E-state index is 11.6. The topological polar surface area (TPSA) is 51.7 Å². The number of fused-ring (bicyclic) bond motifs is 1. The molecule has 1 atom stereocenters. The van der Waals surface area contributed by atoms with E-state index in [-0.39, 0.29) is 11.9 Å². The van der Waals surface area contributed by atoms with Crippen molar-refractivity contribution in [3.8, 4) is 0 Å². The van der Waals surface area contributed by atoms with Crippen molar-refractivity contribution in [2.75, 3.05) is 38.3 Å². The van der Waals surface area contributed by atoms with Gasteiger partial charge in [0.05, 0.1) is 31.9 Å². The smallest absolute Gasteiger partial charge is 0.309 e. The molecule has 0 amide bonds. The molecule has 1 aromatic heterocycles. The molecule has 6 heteroatoms. The molecule has 19 heavy (non-hydrogen) atoms. The molecule has 5 nitrogen and oxygen atoms in total. The molecule has 0 saturated carbocycles. The molecule has 1 unspecified atom stereocenters. The molecule has 1 aromatic rings. The molecule has 0 aromatic carbocycles. The number of thiazole rings is 1. The number of hydrogen-bond donors (Lipinski definition) is 0. The van der Waals surface area contributed by atoms with Gasteiger partial charge in [0.15, 0.2) is 5.13 Å². The predicted molar refractivity (Wildman–Crippen MR) is 72.7 cm³/mol. The number of anilines is 1. The summed E-state index contributed by atoms with van der Waals surface area (Å²) in [6, 6.07) is 0. The van der Waals surface area contributed by atoms with Gasteiger partial charge < -0.3 is 14.4 Å². The number of hydrogen-bond acceptors (Lipinski definition) is 6. The number of aryl methyl sites for hydroxylation is 1. The van der Waals surface area contributed by atoms with Crippen molar-refractivity contribution >= 4 is 22.4 Å². The molecule has 1 saturated heterocycles. The molecule has 0 spiro atoms. The van der Waals surface area contributed by atoms with Crippen LogP contribution in [0.1, 0.15) is 17.0 Å². The number of rotatable bonds is 2. The van der Waals surface area contributed by atoms with Crippen LogP contribution in [0.2, 0.25) is 0 Å². The third-order valence-corrected chi connectivity index (χ3v) is 4.93. The van der Waals surface area contributed by atoms with E-state index in [9.17, 15) is 4.79 Å². The van der Waals surface area contributed by atoms with Crippen LogP contribution >= 0.6 is 11.3 Å². The lowest BCUT2D eigenvalue weighted by Crippen LogP contribution is -2.36. The Morgan fingerprint density at radius 2 is 2.26 bits per heavy atom. The summed E-state index contributed by atoms with van der Waals surface area (Å²) in [6.45, 7) is 3.36. The van der Waals surface area contributed by atoms with Crippen molar-refractivity contribution < 1.29 is 14.3 Å². The van der Waals surface area contributed by atoms with Crippen LogP contribution in [0.5, 0.6) is 0 Å². The normalized spacial score (nSPS) is 23.0. The Bertz CT molecular complexity index is 468. The molecule has 2 aliphatic rings. The molecular formula is C13H18N2O3S. The molecule has 0 N–H and O–H groups in total. The van der Waals surface area contributed by atoms with E-state index in [1.807, 2.05) is 0 Å². The maximum absolute atomic E-state index is 11.6. The van der Waals surface area contributed by atoms with Gasteiger partial charge in [0.2, 0.25) is 0 Å². The monoisotopic (exact) mass is 282 g/mol. The van der Waals surface area contributed by atoms with Crippen LogP contribution in [0.25, 0.3) is 0 Å². The highest BCUT2D eigenvalue weighted by molar-refractivity contribution is 7.15. The average molecular weight is 282 g/mol. The summed E-state index contributed by atoms with van der Waals surface area (Å²) in [5.74, 6) is -0.0811. The first-order chi connectivity index (χ1) is 9.28. The lowest BCUT2D eigenvalue weighted by molar-refractivity contribution is -0.145. The molecule has 1 aliphatic heterocycles. The van der Waals surface area contributed by atoms with Crippen LogP contribution in [0, 0.1) is 5.92 Å². The number of methoxy groups -OCH3 is 1. The largest absolute Gasteiger partial charge is 0.469 e. The summed E-state index contributed by atoms with van der Waals surface area (Å²) in [5.41, 5.74) is 1.17. The number of esters is 1. The summed E-state index contributed by atoms with van der Waals surface area (Å²) in [4.78, 5) is 19.9. The van der Waals surface area contributed by atoms with Gasteiger partial charge >= 0.3 is 5.97 Å². The Labute approximate surface area is 116 Å². The molecule has 3 rings (SSSR count). The molecule has 0 radical (unpaired) electrons. The van der Waals surface area contributed by atoms with Gasteiger partial charge in [-0.3, -0.25) is 4.79 Å². The lowest BCUT2D eigenvalue weighted by atomic mass is 9.91. The van der Waals surface area contributed by atoms with Crippen LogP contribution in [-0.2, 0) is 27.1 Å². The van der Waals surface area contributed by atoms with Crippen molar-refractivity contribution in [2.24, 2.45) is 5.92 Å². The summed E-state index contributed by atoms with van der Waals surface area (Å²) in [7, 11) is 1.46. The standard InChI is InChI=1S/C13H18N2O3S/c1-17-12(16)9-2-3-10-11(8-9)19-13(14-10)15-4-6-18-7-5-15/h9H,2-8H2,1H3. The van der Waals surface area contributed by atoms with E-state index in [0.717, 1.165) is 50.7 Å². The van der Waals surface area contributed by atoms with Gasteiger partial charge in [-0.05, 0) is 19.3 Å². The van der Waals surface area contributed by atoms with Gasteiger partial charge in [0.1, 0.15) is 0 Å². The first-order valence-electron chi connectivity index (χ1n) is 6.67. The van der Waals surface area contributed by atoms with Gasteiger partial charge in [-0.2, -0.15) is 0 Å². The van der Waals surface area contributed by atoms with Crippen LogP contribution < -0.4 is 4.90 Å². The minimum Gasteiger partial charge on any atom is -0.469 e. The maximum Gasteiger partial charge on any atom is 0.309 e. The number of ether oxygens (including phenoxy) is 2. The fourth-order valence-corrected chi connectivity index (χ4v) is 3.86. The second-order valence-corrected chi connectivity index (χ2v) is 5.99. The zero-order valence-corrected chi connectivity index (χ0v) is 11.9. The van der Waals surface area contributed by atoms with E-state index in [1.165, 1.54) is 17.7 Å². The minimum atomic E-state index is -0.0908. The van der Waals surface area contributed by atoms with Crippen molar-refractivity contribution in [2.45, 2.75) is 19.3 Å². The quantitative estimate of drug-likeness (QED) is 0.764. The van der Waals surface area contributed by atoms with Crippen LogP contribution in [0.15, 0.2) is 0 Å². The van der Waals surface area contributed by atoms with Crippen molar-refractivity contribution in [3.05, 3.63) is 10.6 Å². The number of carbonyl (C=O) groups excluding carboxylic acids is 1. The summed E-state index contributed by atoms with van der Waals surface area (Å²) in [6.07, 6.45) is 2.52. The van der Waals surface area contributed by atoms with Crippen LogP contribution in [0.3, 0.4) is 0 Å². The number of morpholine rings is 1. The Kier molecular flexibility index (Phi) is 3.70. The third-order valence-electron chi connectivity index (χ3n) is 3.74. The van der Waals surface area contributed by atoms with E-state index in [2.05, 4.69) is 4.90 Å². The van der Waals surface area contributed by atoms with Gasteiger partial charge in [-0.1, -0.05) is 0 Å². The summed E-state index contributed by atoms with van der Waals surface area (Å²) in [5, 5.41) is 1.08. The number of nitrogens with zero attached hydrogens (tertiary/aromatic N) is 2. The highest BCUT2D eigenvalue weighted by atomic mass is 32.1. The fourth-order valence-electron chi connectivity index (χ4n) is 2.62. The van der Waals surface area contributed by atoms with E-state index in [0.29, 0.717) is 0 Å². The highest BCUT2D eigenvalue weighted by Crippen LogP contribution is 2.34. The summed E-state index contributed by atoms with van der Waals surface area (Å²) >= 11 is 1.72. The minimum absolute atomic E-state index is 0.00971. The van der Waals surface area contributed by atoms with Gasteiger partial charge in [-0.25, -0.2) is 4.98 Å². The molecule has 1 aliphatic carbocycles. The molecule has 0 bridgehead atoms. The Balaban J connectivity index is 1.74. The van der Waals surface area contributed by atoms with Crippen molar-refractivity contribution in [1.29, 1.82) is 0 Å². The number of aromatic nitrogens is 1. The fraction of sp³-hybridized carbons (Fsp3) is 0.692. The molecule has 2 heterocycles. The van der Waals surface area contributed by atoms with Crippen LogP contribution in [0.4, 0.5) is 5.13 Å². The Hall–Kier alpha value is -1.14. The first-order valence-corrected chi connectivity index (χ1v) is 7.48. The molecule has 104 valence electrons. The lowest BCUT2D eigenvalue weighted by Gasteiger charge is -2.26. The zero-order valence-electron chi connectivity index (χ0n) is 11.1. The van der Waals surface area contributed by atoms with E-state index in [4.69, 9.17) is 14.5 Å². The van der Waals surface area contributed by atoms with Gasteiger partial charge in [-0.15, -0.1) is 11.3 Å². The predicted octanol–water partition coefficient (Wildman–Crippen LogP) is 1.26. The highest BCUT2D eigenvalue weighted by Gasteiger charge is 2.29. The van der Waals surface area contributed by atoms with Crippen LogP contribution in [-0.4, -0.2) is 44.4 Å². The number of carbonyl (C=O) groups is 1. The SMILES string of the molecule is COC(=O)C1CCc2nc(N3CCOCC3)sc2C1. The van der Waals surface area contributed by atoms with E-state index >= 15 is 0 Å². The Morgan fingerprint density at radius 1 is 1.47 bits per heavy atom. The zero-order chi connectivity index (χ0) is 13.2. The summed E-state index contributed by atoms with van der Waals surface area (Å²) < 4.78 is 10.2. The molecular weight excluding hydrogens is 264 g/mol. The third kappa shape index (κ3) is 2.60. The second kappa shape index (κ2) is 5.46. The van der Waals surface area contributed by atoms with Gasteiger partial charge in [0.25, 0.3) is 0 Å².